The number of pyridine rings is 1. The van der Waals surface area contributed by atoms with E-state index in [4.69, 9.17) is 4.42 Å². The van der Waals surface area contributed by atoms with Crippen molar-refractivity contribution in [3.05, 3.63) is 66.2 Å². The zero-order chi connectivity index (χ0) is 16.9. The van der Waals surface area contributed by atoms with Gasteiger partial charge in [0.15, 0.2) is 0 Å². The van der Waals surface area contributed by atoms with Crippen LogP contribution in [0.15, 0.2) is 59.3 Å². The highest BCUT2D eigenvalue weighted by Gasteiger charge is 2.17. The fourth-order valence-corrected chi connectivity index (χ4v) is 2.80. The molecule has 0 aliphatic rings. The lowest BCUT2D eigenvalue weighted by atomic mass is 10.1. The Balaban J connectivity index is 1.60. The molecule has 3 aromatic rings. The first-order chi connectivity index (χ1) is 11.6. The standard InChI is InChI=1S/C19H20N2O3/c1-13(11-16(22)17-8-4-10-24-17)21-18(23)12-15-6-2-5-14-7-3-9-20-19(14)15/h2-10,13,16,22H,11-12H2,1H3,(H,21,23)/t13-,16-/m0/s1. The Morgan fingerprint density at radius 1 is 1.25 bits per heavy atom. The van der Waals surface area contributed by atoms with Gasteiger partial charge in [0.05, 0.1) is 18.2 Å². The largest absolute Gasteiger partial charge is 0.467 e. The lowest BCUT2D eigenvalue weighted by Crippen LogP contribution is -2.34. The second-order valence-electron chi connectivity index (χ2n) is 5.90. The SMILES string of the molecule is C[C@@H](C[C@H](O)c1ccco1)NC(=O)Cc1cccc2cccnc12. The molecule has 2 N–H and O–H groups in total. The van der Waals surface area contributed by atoms with Crippen LogP contribution in [0.2, 0.25) is 0 Å². The van der Waals surface area contributed by atoms with Crippen molar-refractivity contribution >= 4 is 16.8 Å². The van der Waals surface area contributed by atoms with Gasteiger partial charge in [-0.25, -0.2) is 0 Å². The van der Waals surface area contributed by atoms with Crippen molar-refractivity contribution in [2.45, 2.75) is 31.9 Å². The van der Waals surface area contributed by atoms with Crippen LogP contribution < -0.4 is 5.32 Å². The van der Waals surface area contributed by atoms with Gasteiger partial charge in [-0.15, -0.1) is 0 Å². The van der Waals surface area contributed by atoms with Crippen LogP contribution in [0.4, 0.5) is 0 Å². The van der Waals surface area contributed by atoms with Gasteiger partial charge in [-0.3, -0.25) is 9.78 Å². The number of hydrogen-bond acceptors (Lipinski definition) is 4. The molecule has 1 aromatic carbocycles. The van der Waals surface area contributed by atoms with Crippen LogP contribution in [-0.4, -0.2) is 22.0 Å². The molecule has 0 unspecified atom stereocenters. The highest BCUT2D eigenvalue weighted by molar-refractivity contribution is 5.87. The second kappa shape index (κ2) is 7.27. The zero-order valence-corrected chi connectivity index (χ0v) is 13.5. The number of aliphatic hydroxyl groups excluding tert-OH is 1. The molecule has 0 aliphatic heterocycles. The molecule has 5 nitrogen and oxygen atoms in total. The second-order valence-corrected chi connectivity index (χ2v) is 5.90. The van der Waals surface area contributed by atoms with Crippen molar-refractivity contribution in [1.82, 2.24) is 10.3 Å². The highest BCUT2D eigenvalue weighted by atomic mass is 16.4. The highest BCUT2D eigenvalue weighted by Crippen LogP contribution is 2.19. The van der Waals surface area contributed by atoms with Crippen LogP contribution in [0.1, 0.15) is 30.8 Å². The molecule has 0 saturated heterocycles. The molecule has 0 spiro atoms. The number of nitrogens with one attached hydrogen (secondary N) is 1. The van der Waals surface area contributed by atoms with Gasteiger partial charge in [0.2, 0.25) is 5.91 Å². The first-order valence-electron chi connectivity index (χ1n) is 7.97. The van der Waals surface area contributed by atoms with Crippen LogP contribution in [0, 0.1) is 0 Å². The molecule has 1 amide bonds. The quantitative estimate of drug-likeness (QED) is 0.731. The van der Waals surface area contributed by atoms with Crippen molar-refractivity contribution in [2.24, 2.45) is 0 Å². The summed E-state index contributed by atoms with van der Waals surface area (Å²) in [7, 11) is 0. The Morgan fingerprint density at radius 3 is 2.88 bits per heavy atom. The third kappa shape index (κ3) is 3.81. The number of para-hydroxylation sites is 1. The number of aromatic nitrogens is 1. The van der Waals surface area contributed by atoms with E-state index in [0.29, 0.717) is 12.2 Å². The smallest absolute Gasteiger partial charge is 0.224 e. The summed E-state index contributed by atoms with van der Waals surface area (Å²) in [6, 6.07) is 13.0. The Kier molecular flexibility index (Phi) is 4.91. The maximum Gasteiger partial charge on any atom is 0.224 e. The molecule has 0 fully saturated rings. The van der Waals surface area contributed by atoms with Crippen LogP contribution in [0.3, 0.4) is 0 Å². The molecule has 5 heteroatoms. The summed E-state index contributed by atoms with van der Waals surface area (Å²) in [4.78, 5) is 16.7. The number of carbonyl (C=O) groups excluding carboxylic acids is 1. The summed E-state index contributed by atoms with van der Waals surface area (Å²) in [5.41, 5.74) is 1.74. The lowest BCUT2D eigenvalue weighted by molar-refractivity contribution is -0.121. The minimum Gasteiger partial charge on any atom is -0.467 e. The average molecular weight is 324 g/mol. The fraction of sp³-hybridized carbons (Fsp3) is 0.263. The molecule has 3 rings (SSSR count). The van der Waals surface area contributed by atoms with E-state index in [2.05, 4.69) is 10.3 Å². The summed E-state index contributed by atoms with van der Waals surface area (Å²) in [5, 5.41) is 14.0. The summed E-state index contributed by atoms with van der Waals surface area (Å²) < 4.78 is 5.17. The average Bonchev–Trinajstić information content (AvgIpc) is 3.09. The van der Waals surface area contributed by atoms with Crippen LogP contribution in [-0.2, 0) is 11.2 Å². The van der Waals surface area contributed by atoms with Gasteiger partial charge in [-0.1, -0.05) is 24.3 Å². The number of aliphatic hydroxyl groups is 1. The number of rotatable bonds is 6. The molecule has 0 aliphatic carbocycles. The minimum absolute atomic E-state index is 0.0905. The number of benzene rings is 1. The van der Waals surface area contributed by atoms with Gasteiger partial charge >= 0.3 is 0 Å². The topological polar surface area (TPSA) is 75.4 Å². The molecular formula is C19H20N2O3. The van der Waals surface area contributed by atoms with Crippen molar-refractivity contribution in [2.75, 3.05) is 0 Å². The molecule has 2 atom stereocenters. The van der Waals surface area contributed by atoms with Crippen LogP contribution in [0.5, 0.6) is 0 Å². The molecule has 2 aromatic heterocycles. The summed E-state index contributed by atoms with van der Waals surface area (Å²) in [5.74, 6) is 0.418. The zero-order valence-electron chi connectivity index (χ0n) is 13.5. The number of amides is 1. The van der Waals surface area contributed by atoms with Crippen molar-refractivity contribution in [3.63, 3.8) is 0 Å². The maximum atomic E-state index is 12.3. The molecule has 2 heterocycles. The number of hydrogen-bond donors (Lipinski definition) is 2. The van der Waals surface area contributed by atoms with Gasteiger partial charge in [-0.05, 0) is 30.7 Å². The van der Waals surface area contributed by atoms with Crippen molar-refractivity contribution in [3.8, 4) is 0 Å². The van der Waals surface area contributed by atoms with Gasteiger partial charge in [0.1, 0.15) is 11.9 Å². The third-order valence-electron chi connectivity index (χ3n) is 3.92. The van der Waals surface area contributed by atoms with E-state index in [9.17, 15) is 9.90 Å². The molecule has 0 radical (unpaired) electrons. The predicted molar refractivity (Wildman–Crippen MR) is 91.3 cm³/mol. The normalized spacial score (nSPS) is 13.6. The van der Waals surface area contributed by atoms with Crippen molar-refractivity contribution < 1.29 is 14.3 Å². The van der Waals surface area contributed by atoms with E-state index in [-0.39, 0.29) is 18.4 Å². The molecule has 0 saturated carbocycles. The Labute approximate surface area is 140 Å². The Bertz CT molecular complexity index is 809. The predicted octanol–water partition coefficient (Wildman–Crippen LogP) is 3.00. The molecule has 0 bridgehead atoms. The lowest BCUT2D eigenvalue weighted by Gasteiger charge is -2.17. The minimum atomic E-state index is -0.727. The van der Waals surface area contributed by atoms with E-state index in [1.54, 1.807) is 18.3 Å². The molecule has 24 heavy (non-hydrogen) atoms. The van der Waals surface area contributed by atoms with Crippen LogP contribution in [0.25, 0.3) is 10.9 Å². The molecular weight excluding hydrogens is 304 g/mol. The van der Waals surface area contributed by atoms with Gasteiger partial charge < -0.3 is 14.8 Å². The van der Waals surface area contributed by atoms with E-state index >= 15 is 0 Å². The maximum absolute atomic E-state index is 12.3. The van der Waals surface area contributed by atoms with E-state index in [1.165, 1.54) is 6.26 Å². The number of furan rings is 1. The first-order valence-corrected chi connectivity index (χ1v) is 7.97. The van der Waals surface area contributed by atoms with Gasteiger partial charge in [0.25, 0.3) is 0 Å². The first kappa shape index (κ1) is 16.2. The molecule has 124 valence electrons. The van der Waals surface area contributed by atoms with E-state index in [0.717, 1.165) is 16.5 Å². The number of nitrogens with zero attached hydrogens (tertiary/aromatic N) is 1. The number of carbonyl (C=O) groups is 1. The fourth-order valence-electron chi connectivity index (χ4n) is 2.80. The summed E-state index contributed by atoms with van der Waals surface area (Å²) >= 11 is 0. The Morgan fingerprint density at radius 2 is 2.08 bits per heavy atom. The van der Waals surface area contributed by atoms with E-state index in [1.807, 2.05) is 37.3 Å². The Hall–Kier alpha value is -2.66. The van der Waals surface area contributed by atoms with Gasteiger partial charge in [0, 0.05) is 24.0 Å². The van der Waals surface area contributed by atoms with Crippen molar-refractivity contribution in [1.29, 1.82) is 0 Å². The van der Waals surface area contributed by atoms with Gasteiger partial charge in [-0.2, -0.15) is 0 Å². The van der Waals surface area contributed by atoms with E-state index < -0.39 is 6.10 Å². The summed E-state index contributed by atoms with van der Waals surface area (Å²) in [6.07, 6.45) is 3.18. The summed E-state index contributed by atoms with van der Waals surface area (Å²) in [6.45, 7) is 1.87. The number of fused-ring (bicyclic) bond motifs is 1. The monoisotopic (exact) mass is 324 g/mol. The third-order valence-corrected chi connectivity index (χ3v) is 3.92. The van der Waals surface area contributed by atoms with Crippen LogP contribution >= 0.6 is 0 Å².